The van der Waals surface area contributed by atoms with Crippen molar-refractivity contribution in [2.45, 2.75) is 56.5 Å². The molecular formula is C37H47Br2N7O5. The standard InChI is InChI=1S/C37H47Br2N7O5/c1-51-33-8-3-2-6-28(33)26-11-16-46(17-12-26)37(50)43-32(24-25-22-29(38)34(47)30(39)23-25)35(48)42-31(7-4-5-13-40)36(49)45-20-18-44(19-21-45)27-9-14-41-15-10-27/h2-3,6,8-10,14-15,22-23,26,31-32,47H,4-5,7,11-13,16-21,24,40H2,1H3,(H,42,48)(H,43,50)/t31-,32+/m0/s1. The lowest BCUT2D eigenvalue weighted by Crippen LogP contribution is -2.59. The average molecular weight is 830 g/mol. The zero-order valence-electron chi connectivity index (χ0n) is 28.9. The second kappa shape index (κ2) is 18.6. The van der Waals surface area contributed by atoms with Crippen molar-refractivity contribution in [1.29, 1.82) is 0 Å². The number of piperazine rings is 1. The van der Waals surface area contributed by atoms with Crippen LogP contribution in [0.4, 0.5) is 10.5 Å². The Morgan fingerprint density at radius 2 is 1.59 bits per heavy atom. The molecule has 5 N–H and O–H groups in total. The van der Waals surface area contributed by atoms with Crippen LogP contribution in [0.15, 0.2) is 69.9 Å². The molecule has 2 aliphatic rings. The molecule has 2 saturated heterocycles. The van der Waals surface area contributed by atoms with E-state index in [0.717, 1.165) is 36.3 Å². The Morgan fingerprint density at radius 1 is 0.922 bits per heavy atom. The number of hydrogen-bond donors (Lipinski definition) is 4. The number of rotatable bonds is 13. The third-order valence-electron chi connectivity index (χ3n) is 9.67. The van der Waals surface area contributed by atoms with Crippen LogP contribution in [0.2, 0.25) is 0 Å². The molecule has 2 aromatic carbocycles. The van der Waals surface area contributed by atoms with Gasteiger partial charge in [0.25, 0.3) is 0 Å². The Bertz CT molecular complexity index is 1610. The highest BCUT2D eigenvalue weighted by Crippen LogP contribution is 2.35. The molecule has 2 fully saturated rings. The molecule has 51 heavy (non-hydrogen) atoms. The molecule has 0 radical (unpaired) electrons. The van der Waals surface area contributed by atoms with E-state index in [0.29, 0.717) is 73.2 Å². The number of nitrogens with zero attached hydrogens (tertiary/aromatic N) is 4. The minimum absolute atomic E-state index is 0.0382. The lowest BCUT2D eigenvalue weighted by atomic mass is 9.89. The lowest BCUT2D eigenvalue weighted by molar-refractivity contribution is -0.137. The van der Waals surface area contributed by atoms with Gasteiger partial charge in [-0.1, -0.05) is 18.2 Å². The van der Waals surface area contributed by atoms with Crippen LogP contribution in [0.1, 0.15) is 49.1 Å². The third-order valence-corrected chi connectivity index (χ3v) is 10.9. The summed E-state index contributed by atoms with van der Waals surface area (Å²) in [5.41, 5.74) is 8.67. The highest BCUT2D eigenvalue weighted by Gasteiger charge is 2.33. The van der Waals surface area contributed by atoms with Gasteiger partial charge in [-0.05, 0) is 118 Å². The van der Waals surface area contributed by atoms with Crippen molar-refractivity contribution in [2.24, 2.45) is 5.73 Å². The highest BCUT2D eigenvalue weighted by molar-refractivity contribution is 9.11. The summed E-state index contributed by atoms with van der Waals surface area (Å²) < 4.78 is 6.49. The van der Waals surface area contributed by atoms with Gasteiger partial charge in [0.15, 0.2) is 0 Å². The number of amides is 4. The summed E-state index contributed by atoms with van der Waals surface area (Å²) in [6.07, 6.45) is 6.98. The first kappa shape index (κ1) is 38.4. The van der Waals surface area contributed by atoms with Gasteiger partial charge >= 0.3 is 6.03 Å². The molecule has 12 nitrogen and oxygen atoms in total. The van der Waals surface area contributed by atoms with E-state index in [9.17, 15) is 19.5 Å². The summed E-state index contributed by atoms with van der Waals surface area (Å²) >= 11 is 6.76. The van der Waals surface area contributed by atoms with Gasteiger partial charge in [0.05, 0.1) is 16.1 Å². The average Bonchev–Trinajstić information content (AvgIpc) is 3.16. The van der Waals surface area contributed by atoms with Crippen LogP contribution in [0, 0.1) is 0 Å². The van der Waals surface area contributed by atoms with Gasteiger partial charge in [-0.15, -0.1) is 0 Å². The molecule has 14 heteroatoms. The molecule has 0 aliphatic carbocycles. The van der Waals surface area contributed by atoms with Gasteiger partial charge in [-0.25, -0.2) is 4.79 Å². The summed E-state index contributed by atoms with van der Waals surface area (Å²) in [7, 11) is 1.66. The Hall–Kier alpha value is -3.88. The number of likely N-dealkylation sites (tertiary alicyclic amines) is 1. The van der Waals surface area contributed by atoms with Crippen molar-refractivity contribution >= 4 is 55.4 Å². The van der Waals surface area contributed by atoms with E-state index in [-0.39, 0.29) is 30.0 Å². The van der Waals surface area contributed by atoms with Gasteiger partial charge in [0, 0.05) is 63.8 Å². The van der Waals surface area contributed by atoms with Crippen molar-refractivity contribution in [3.05, 3.63) is 81.0 Å². The summed E-state index contributed by atoms with van der Waals surface area (Å²) in [4.78, 5) is 51.7. The Kier molecular flexibility index (Phi) is 14.0. The number of carbonyl (C=O) groups is 3. The number of urea groups is 1. The van der Waals surface area contributed by atoms with E-state index in [2.05, 4.69) is 58.4 Å². The second-order valence-electron chi connectivity index (χ2n) is 13.0. The molecule has 5 rings (SSSR count). The van der Waals surface area contributed by atoms with E-state index in [1.807, 2.05) is 30.3 Å². The van der Waals surface area contributed by atoms with Crippen LogP contribution in [0.5, 0.6) is 11.5 Å². The van der Waals surface area contributed by atoms with Gasteiger partial charge in [-0.2, -0.15) is 0 Å². The number of pyridine rings is 1. The number of phenolic OH excluding ortho intramolecular Hbond substituents is 1. The third kappa shape index (κ3) is 10.1. The van der Waals surface area contributed by atoms with E-state index in [1.54, 1.807) is 41.4 Å². The quantitative estimate of drug-likeness (QED) is 0.180. The van der Waals surface area contributed by atoms with E-state index in [4.69, 9.17) is 10.5 Å². The van der Waals surface area contributed by atoms with Crippen LogP contribution >= 0.6 is 31.9 Å². The van der Waals surface area contributed by atoms with Crippen LogP contribution < -0.4 is 26.0 Å². The minimum Gasteiger partial charge on any atom is -0.506 e. The number of benzene rings is 2. The van der Waals surface area contributed by atoms with Crippen LogP contribution in [-0.4, -0.2) is 103 Å². The zero-order chi connectivity index (χ0) is 36.3. The Labute approximate surface area is 316 Å². The highest BCUT2D eigenvalue weighted by atomic mass is 79.9. The van der Waals surface area contributed by atoms with Crippen molar-refractivity contribution in [2.75, 3.05) is 57.8 Å². The van der Waals surface area contributed by atoms with Crippen LogP contribution in [0.25, 0.3) is 0 Å². The zero-order valence-corrected chi connectivity index (χ0v) is 32.1. The number of halogens is 2. The summed E-state index contributed by atoms with van der Waals surface area (Å²) in [6, 6.07) is 13.2. The molecule has 2 aliphatic heterocycles. The predicted molar refractivity (Wildman–Crippen MR) is 204 cm³/mol. The maximum absolute atomic E-state index is 14.1. The van der Waals surface area contributed by atoms with Crippen LogP contribution in [0.3, 0.4) is 0 Å². The normalized spacial score (nSPS) is 16.4. The molecule has 274 valence electrons. The largest absolute Gasteiger partial charge is 0.506 e. The fourth-order valence-corrected chi connectivity index (χ4v) is 8.08. The number of anilines is 1. The molecule has 0 spiro atoms. The Morgan fingerprint density at radius 3 is 2.24 bits per heavy atom. The number of nitrogens with one attached hydrogen (secondary N) is 2. The van der Waals surface area contributed by atoms with Gasteiger partial charge < -0.3 is 40.9 Å². The number of piperidine rings is 1. The number of phenols is 1. The minimum atomic E-state index is -0.985. The van der Waals surface area contributed by atoms with Gasteiger partial charge in [0.2, 0.25) is 11.8 Å². The number of aromatic nitrogens is 1. The first-order chi connectivity index (χ1) is 24.7. The number of unbranched alkanes of at least 4 members (excludes halogenated alkanes) is 1. The number of hydrogen-bond acceptors (Lipinski definition) is 8. The SMILES string of the molecule is COc1ccccc1C1CCN(C(=O)N[C@H](Cc2cc(Br)c(O)c(Br)c2)C(=O)N[C@@H](CCCCN)C(=O)N2CCN(c3ccncc3)CC2)CC1. The fraction of sp³-hybridized carbons (Fsp3) is 0.459. The van der Waals surface area contributed by atoms with E-state index in [1.165, 1.54) is 0 Å². The second-order valence-corrected chi connectivity index (χ2v) is 14.7. The predicted octanol–water partition coefficient (Wildman–Crippen LogP) is 4.78. The van der Waals surface area contributed by atoms with Crippen molar-refractivity contribution < 1.29 is 24.2 Å². The summed E-state index contributed by atoms with van der Waals surface area (Å²) in [5, 5.41) is 16.3. The van der Waals surface area contributed by atoms with Gasteiger partial charge in [0.1, 0.15) is 23.6 Å². The van der Waals surface area contributed by atoms with E-state index >= 15 is 0 Å². The number of methoxy groups -OCH3 is 1. The molecule has 3 aromatic rings. The number of nitrogens with two attached hydrogens (primary N) is 1. The number of ether oxygens (including phenoxy) is 1. The first-order valence-electron chi connectivity index (χ1n) is 17.5. The van der Waals surface area contributed by atoms with Crippen molar-refractivity contribution in [1.82, 2.24) is 25.4 Å². The van der Waals surface area contributed by atoms with Crippen LogP contribution in [-0.2, 0) is 16.0 Å². The van der Waals surface area contributed by atoms with Crippen molar-refractivity contribution in [3.63, 3.8) is 0 Å². The molecule has 0 unspecified atom stereocenters. The lowest BCUT2D eigenvalue weighted by Gasteiger charge is -2.38. The fourth-order valence-electron chi connectivity index (χ4n) is 6.80. The molecule has 4 amide bonds. The number of aromatic hydroxyl groups is 1. The number of para-hydroxylation sites is 1. The van der Waals surface area contributed by atoms with Gasteiger partial charge in [-0.3, -0.25) is 14.6 Å². The molecule has 0 saturated carbocycles. The Balaban J connectivity index is 1.29. The smallest absolute Gasteiger partial charge is 0.318 e. The maximum atomic E-state index is 14.1. The summed E-state index contributed by atoms with van der Waals surface area (Å²) in [5.74, 6) is 0.538. The van der Waals surface area contributed by atoms with Crippen molar-refractivity contribution in [3.8, 4) is 11.5 Å². The molecule has 3 heterocycles. The topological polar surface area (TPSA) is 153 Å². The molecular weight excluding hydrogens is 782 g/mol. The first-order valence-corrected chi connectivity index (χ1v) is 19.1. The molecule has 2 atom stereocenters. The maximum Gasteiger partial charge on any atom is 0.318 e. The monoisotopic (exact) mass is 827 g/mol. The van der Waals surface area contributed by atoms with E-state index < -0.39 is 18.0 Å². The molecule has 0 bridgehead atoms. The molecule has 1 aromatic heterocycles. The number of carbonyl (C=O) groups excluding carboxylic acids is 3. The summed E-state index contributed by atoms with van der Waals surface area (Å²) in [6.45, 7) is 3.88.